The van der Waals surface area contributed by atoms with Gasteiger partial charge in [0.15, 0.2) is 0 Å². The van der Waals surface area contributed by atoms with E-state index in [1.807, 2.05) is 27.7 Å². The summed E-state index contributed by atoms with van der Waals surface area (Å²) in [4.78, 5) is 11.8. The molecule has 0 saturated heterocycles. The molecule has 20 heavy (non-hydrogen) atoms. The number of ether oxygens (including phenoxy) is 3. The van der Waals surface area contributed by atoms with Crippen LogP contribution in [0.4, 0.5) is 0 Å². The van der Waals surface area contributed by atoms with E-state index in [9.17, 15) is 4.79 Å². The van der Waals surface area contributed by atoms with Crippen LogP contribution in [0.5, 0.6) is 0 Å². The third-order valence-electron chi connectivity index (χ3n) is 3.64. The third-order valence-corrected chi connectivity index (χ3v) is 3.64. The maximum atomic E-state index is 11.8. The second-order valence-corrected chi connectivity index (χ2v) is 5.73. The van der Waals surface area contributed by atoms with Crippen molar-refractivity contribution in [2.24, 2.45) is 0 Å². The van der Waals surface area contributed by atoms with Crippen molar-refractivity contribution < 1.29 is 19.0 Å². The van der Waals surface area contributed by atoms with Gasteiger partial charge in [-0.1, -0.05) is 0 Å². The molecule has 0 bridgehead atoms. The minimum Gasteiger partial charge on any atom is -0.465 e. The summed E-state index contributed by atoms with van der Waals surface area (Å²) in [6.07, 6.45) is 2.35. The number of hydrogen-bond donors (Lipinski definition) is 1. The summed E-state index contributed by atoms with van der Waals surface area (Å²) in [7, 11) is 3.48. The van der Waals surface area contributed by atoms with E-state index in [2.05, 4.69) is 5.32 Å². The number of methoxy groups -OCH3 is 1. The van der Waals surface area contributed by atoms with Crippen LogP contribution >= 0.6 is 0 Å². The zero-order chi connectivity index (χ0) is 15.6. The first-order valence-corrected chi connectivity index (χ1v) is 7.30. The van der Waals surface area contributed by atoms with Crippen molar-refractivity contribution in [3.05, 3.63) is 0 Å². The maximum Gasteiger partial charge on any atom is 0.326 e. The fourth-order valence-corrected chi connectivity index (χ4v) is 1.67. The van der Waals surface area contributed by atoms with Crippen molar-refractivity contribution in [1.29, 1.82) is 0 Å². The molecule has 0 radical (unpaired) electrons. The predicted molar refractivity (Wildman–Crippen MR) is 79.9 cm³/mol. The Morgan fingerprint density at radius 1 is 1.15 bits per heavy atom. The summed E-state index contributed by atoms with van der Waals surface area (Å²) in [5.41, 5.74) is -0.782. The van der Waals surface area contributed by atoms with E-state index in [0.29, 0.717) is 26.2 Å². The van der Waals surface area contributed by atoms with Gasteiger partial charge in [-0.25, -0.2) is 0 Å². The molecule has 1 atom stereocenters. The summed E-state index contributed by atoms with van der Waals surface area (Å²) in [5, 5.41) is 3.04. The summed E-state index contributed by atoms with van der Waals surface area (Å²) < 4.78 is 16.0. The first kappa shape index (κ1) is 19.4. The second-order valence-electron chi connectivity index (χ2n) is 5.73. The SMILES string of the molecule is CCOC(=O)C(C)(CCCOCCC(C)(C)OC)NC. The standard InChI is InChI=1S/C15H31NO4/c1-7-20-13(17)15(4,16-5)9-8-11-19-12-10-14(2,3)18-6/h16H,7-12H2,1-6H3. The second kappa shape index (κ2) is 9.32. The van der Waals surface area contributed by atoms with Crippen molar-refractivity contribution in [1.82, 2.24) is 5.32 Å². The Morgan fingerprint density at radius 3 is 2.30 bits per heavy atom. The molecule has 0 amide bonds. The first-order valence-electron chi connectivity index (χ1n) is 7.30. The van der Waals surface area contributed by atoms with E-state index in [1.54, 1.807) is 14.2 Å². The van der Waals surface area contributed by atoms with Crippen LogP contribution in [-0.4, -0.2) is 51.1 Å². The van der Waals surface area contributed by atoms with Gasteiger partial charge in [0.05, 0.1) is 12.2 Å². The zero-order valence-corrected chi connectivity index (χ0v) is 13.9. The molecule has 0 saturated carbocycles. The lowest BCUT2D eigenvalue weighted by Gasteiger charge is -2.26. The monoisotopic (exact) mass is 289 g/mol. The van der Waals surface area contributed by atoms with Crippen molar-refractivity contribution in [3.8, 4) is 0 Å². The molecular weight excluding hydrogens is 258 g/mol. The highest BCUT2D eigenvalue weighted by Crippen LogP contribution is 2.15. The lowest BCUT2D eigenvalue weighted by atomic mass is 9.96. The van der Waals surface area contributed by atoms with E-state index in [-0.39, 0.29) is 11.6 Å². The molecule has 1 unspecified atom stereocenters. The van der Waals surface area contributed by atoms with Gasteiger partial charge in [-0.2, -0.15) is 0 Å². The van der Waals surface area contributed by atoms with Crippen LogP contribution in [-0.2, 0) is 19.0 Å². The van der Waals surface area contributed by atoms with Crippen LogP contribution in [0.1, 0.15) is 47.0 Å². The Kier molecular flexibility index (Phi) is 9.01. The number of hydrogen-bond acceptors (Lipinski definition) is 5. The molecule has 0 heterocycles. The van der Waals surface area contributed by atoms with E-state index in [0.717, 1.165) is 12.8 Å². The molecule has 120 valence electrons. The third kappa shape index (κ3) is 7.22. The number of carbonyl (C=O) groups excluding carboxylic acids is 1. The minimum absolute atomic E-state index is 0.148. The largest absolute Gasteiger partial charge is 0.465 e. The molecule has 0 fully saturated rings. The number of rotatable bonds is 11. The Labute approximate surface area is 123 Å². The maximum absolute atomic E-state index is 11.8. The molecule has 0 aromatic heterocycles. The van der Waals surface area contributed by atoms with Crippen molar-refractivity contribution in [2.45, 2.75) is 58.1 Å². The highest BCUT2D eigenvalue weighted by Gasteiger charge is 2.32. The minimum atomic E-state index is -0.634. The number of carbonyl (C=O) groups is 1. The van der Waals surface area contributed by atoms with E-state index < -0.39 is 5.54 Å². The number of esters is 1. The number of nitrogens with one attached hydrogen (secondary N) is 1. The molecule has 0 aromatic carbocycles. The summed E-state index contributed by atoms with van der Waals surface area (Å²) in [6, 6.07) is 0. The van der Waals surface area contributed by atoms with Gasteiger partial charge < -0.3 is 19.5 Å². The average molecular weight is 289 g/mol. The first-order chi connectivity index (χ1) is 9.31. The van der Waals surface area contributed by atoms with Gasteiger partial charge in [0, 0.05) is 20.3 Å². The quantitative estimate of drug-likeness (QED) is 0.466. The molecular formula is C15H31NO4. The van der Waals surface area contributed by atoms with Gasteiger partial charge in [-0.3, -0.25) is 4.79 Å². The fourth-order valence-electron chi connectivity index (χ4n) is 1.67. The molecule has 0 aliphatic heterocycles. The molecule has 0 aliphatic carbocycles. The average Bonchev–Trinajstić information content (AvgIpc) is 2.42. The normalized spacial score (nSPS) is 14.9. The molecule has 1 N–H and O–H groups in total. The van der Waals surface area contributed by atoms with Crippen LogP contribution in [0, 0.1) is 0 Å². The van der Waals surface area contributed by atoms with Crippen molar-refractivity contribution >= 4 is 5.97 Å². The van der Waals surface area contributed by atoms with Gasteiger partial charge >= 0.3 is 5.97 Å². The molecule has 5 nitrogen and oxygen atoms in total. The fraction of sp³-hybridized carbons (Fsp3) is 0.933. The summed E-state index contributed by atoms with van der Waals surface area (Å²) in [6.45, 7) is 9.45. The Morgan fingerprint density at radius 2 is 1.80 bits per heavy atom. The van der Waals surface area contributed by atoms with Gasteiger partial charge in [-0.15, -0.1) is 0 Å². The van der Waals surface area contributed by atoms with Crippen LogP contribution in [0.3, 0.4) is 0 Å². The zero-order valence-electron chi connectivity index (χ0n) is 13.9. The molecule has 0 rings (SSSR count). The number of likely N-dealkylation sites (N-methyl/N-ethyl adjacent to an activating group) is 1. The summed E-state index contributed by atoms with van der Waals surface area (Å²) in [5.74, 6) is -0.206. The van der Waals surface area contributed by atoms with Crippen LogP contribution in [0.15, 0.2) is 0 Å². The predicted octanol–water partition coefficient (Wildman–Crippen LogP) is 2.14. The lowest BCUT2D eigenvalue weighted by molar-refractivity contribution is -0.150. The van der Waals surface area contributed by atoms with Crippen LogP contribution < -0.4 is 5.32 Å². The Bertz CT molecular complexity index is 281. The van der Waals surface area contributed by atoms with E-state index in [4.69, 9.17) is 14.2 Å². The van der Waals surface area contributed by atoms with Crippen molar-refractivity contribution in [3.63, 3.8) is 0 Å². The van der Waals surface area contributed by atoms with Gasteiger partial charge in [0.25, 0.3) is 0 Å². The molecule has 0 aliphatic rings. The van der Waals surface area contributed by atoms with Gasteiger partial charge in [-0.05, 0) is 54.0 Å². The molecule has 0 spiro atoms. The topological polar surface area (TPSA) is 56.8 Å². The van der Waals surface area contributed by atoms with Crippen LogP contribution in [0.25, 0.3) is 0 Å². The molecule has 5 heteroatoms. The van der Waals surface area contributed by atoms with Gasteiger partial charge in [0.1, 0.15) is 5.54 Å². The summed E-state index contributed by atoms with van der Waals surface area (Å²) >= 11 is 0. The van der Waals surface area contributed by atoms with Crippen molar-refractivity contribution in [2.75, 3.05) is 34.0 Å². The highest BCUT2D eigenvalue weighted by molar-refractivity contribution is 5.80. The Balaban J connectivity index is 3.89. The van der Waals surface area contributed by atoms with E-state index in [1.165, 1.54) is 0 Å². The lowest BCUT2D eigenvalue weighted by Crippen LogP contribution is -2.48. The van der Waals surface area contributed by atoms with Gasteiger partial charge in [0.2, 0.25) is 0 Å². The van der Waals surface area contributed by atoms with E-state index >= 15 is 0 Å². The molecule has 0 aromatic rings. The highest BCUT2D eigenvalue weighted by atomic mass is 16.5. The smallest absolute Gasteiger partial charge is 0.326 e. The Hall–Kier alpha value is -0.650. The van der Waals surface area contributed by atoms with Crippen LogP contribution in [0.2, 0.25) is 0 Å².